The van der Waals surface area contributed by atoms with E-state index < -0.39 is 5.41 Å². The maximum atomic E-state index is 6.58. The van der Waals surface area contributed by atoms with Crippen molar-refractivity contribution >= 4 is 60.8 Å². The highest BCUT2D eigenvalue weighted by Crippen LogP contribution is 2.63. The van der Waals surface area contributed by atoms with Gasteiger partial charge in [-0.2, -0.15) is 0 Å². The van der Waals surface area contributed by atoms with Crippen molar-refractivity contribution in [2.45, 2.75) is 5.41 Å². The molecule has 2 heterocycles. The van der Waals surface area contributed by atoms with Crippen LogP contribution in [0.3, 0.4) is 0 Å². The zero-order chi connectivity index (χ0) is 41.9. The fraction of sp³-hybridized carbons (Fsp3) is 0.0164. The third-order valence-electron chi connectivity index (χ3n) is 14.0. The van der Waals surface area contributed by atoms with Gasteiger partial charge in [0.05, 0.1) is 22.1 Å². The normalized spacial score (nSPS) is 13.1. The number of aromatic nitrogens is 1. The van der Waals surface area contributed by atoms with Crippen LogP contribution >= 0.6 is 0 Å². The quantitative estimate of drug-likeness (QED) is 0.173. The molecule has 0 amide bonds. The van der Waals surface area contributed by atoms with Crippen LogP contribution in [0.1, 0.15) is 22.3 Å². The highest BCUT2D eigenvalue weighted by Gasteiger charge is 2.51. The Kier molecular flexibility index (Phi) is 7.32. The number of fused-ring (bicyclic) bond motifs is 16. The van der Waals surface area contributed by atoms with Crippen molar-refractivity contribution in [3.63, 3.8) is 0 Å². The van der Waals surface area contributed by atoms with Crippen LogP contribution in [0.4, 0.5) is 17.1 Å². The summed E-state index contributed by atoms with van der Waals surface area (Å²) >= 11 is 0. The van der Waals surface area contributed by atoms with Crippen molar-refractivity contribution in [2.75, 3.05) is 4.90 Å². The Hall–Kier alpha value is -8.40. The van der Waals surface area contributed by atoms with Crippen LogP contribution in [0.2, 0.25) is 0 Å². The molecule has 0 unspecified atom stereocenters. The number of hydrogen-bond donors (Lipinski definition) is 0. The van der Waals surface area contributed by atoms with Crippen LogP contribution in [-0.4, -0.2) is 4.57 Å². The molecule has 10 aromatic carbocycles. The van der Waals surface area contributed by atoms with Gasteiger partial charge in [-0.15, -0.1) is 0 Å². The molecule has 2 aromatic heterocycles. The van der Waals surface area contributed by atoms with Gasteiger partial charge in [-0.05, 0) is 111 Å². The molecule has 0 aliphatic heterocycles. The molecule has 0 atom stereocenters. The average molecular weight is 815 g/mol. The molecular formula is C61H38N2O. The second kappa shape index (κ2) is 13.3. The molecule has 64 heavy (non-hydrogen) atoms. The second-order valence-electron chi connectivity index (χ2n) is 17.2. The molecule has 0 bridgehead atoms. The zero-order valence-corrected chi connectivity index (χ0v) is 34.7. The molecule has 1 spiro atoms. The third-order valence-corrected chi connectivity index (χ3v) is 14.0. The minimum Gasteiger partial charge on any atom is -0.456 e. The number of nitrogens with zero attached hydrogens (tertiary/aromatic N) is 2. The van der Waals surface area contributed by atoms with Crippen LogP contribution in [0.15, 0.2) is 235 Å². The van der Waals surface area contributed by atoms with E-state index in [9.17, 15) is 0 Å². The summed E-state index contributed by atoms with van der Waals surface area (Å²) in [5.41, 5.74) is 20.8. The molecule has 3 heteroatoms. The predicted molar refractivity (Wildman–Crippen MR) is 264 cm³/mol. The summed E-state index contributed by atoms with van der Waals surface area (Å²) in [6.45, 7) is 0. The number of para-hydroxylation sites is 4. The van der Waals surface area contributed by atoms with Crippen LogP contribution in [0.25, 0.3) is 82.8 Å². The molecular weight excluding hydrogens is 777 g/mol. The van der Waals surface area contributed by atoms with Gasteiger partial charge in [0.2, 0.25) is 0 Å². The van der Waals surface area contributed by atoms with Crippen molar-refractivity contribution in [3.05, 3.63) is 253 Å². The average Bonchev–Trinajstić information content (AvgIpc) is 4.08. The Morgan fingerprint density at radius 2 is 0.875 bits per heavy atom. The monoisotopic (exact) mass is 814 g/mol. The minimum absolute atomic E-state index is 0.439. The molecule has 2 aliphatic rings. The summed E-state index contributed by atoms with van der Waals surface area (Å²) in [5, 5.41) is 4.66. The Morgan fingerprint density at radius 1 is 0.344 bits per heavy atom. The maximum absolute atomic E-state index is 6.58. The van der Waals surface area contributed by atoms with Crippen LogP contribution in [0.5, 0.6) is 0 Å². The number of furan rings is 1. The van der Waals surface area contributed by atoms with Gasteiger partial charge < -0.3 is 13.9 Å². The van der Waals surface area contributed by atoms with E-state index >= 15 is 0 Å². The van der Waals surface area contributed by atoms with Gasteiger partial charge in [-0.3, -0.25) is 0 Å². The summed E-state index contributed by atoms with van der Waals surface area (Å²) in [4.78, 5) is 2.42. The van der Waals surface area contributed by atoms with Gasteiger partial charge in [0.25, 0.3) is 0 Å². The van der Waals surface area contributed by atoms with Crippen LogP contribution < -0.4 is 4.90 Å². The predicted octanol–water partition coefficient (Wildman–Crippen LogP) is 16.2. The SMILES string of the molecule is c1ccc(-n2c3ccccc3c3ccc(N(c4ccc5c(c4)oc4ccccc45)c4ccccc4-c4ccc5c(c4)C4(c6ccccc6-c6ccccc64)c4ccccc4-5)cc32)cc1. The number of benzene rings is 10. The molecule has 0 radical (unpaired) electrons. The lowest BCUT2D eigenvalue weighted by Crippen LogP contribution is -2.25. The van der Waals surface area contributed by atoms with Gasteiger partial charge in [-0.25, -0.2) is 0 Å². The van der Waals surface area contributed by atoms with Crippen LogP contribution in [0, 0.1) is 0 Å². The first-order valence-electron chi connectivity index (χ1n) is 22.1. The first-order chi connectivity index (χ1) is 31.8. The molecule has 0 saturated heterocycles. The van der Waals surface area contributed by atoms with Crippen molar-refractivity contribution in [1.29, 1.82) is 0 Å². The molecule has 2 aliphatic carbocycles. The minimum atomic E-state index is -0.439. The number of anilines is 3. The molecule has 0 fully saturated rings. The lowest BCUT2D eigenvalue weighted by molar-refractivity contribution is 0.669. The van der Waals surface area contributed by atoms with E-state index in [0.717, 1.165) is 61.3 Å². The van der Waals surface area contributed by atoms with Crippen molar-refractivity contribution < 1.29 is 4.42 Å². The van der Waals surface area contributed by atoms with Crippen molar-refractivity contribution in [3.8, 4) is 39.1 Å². The highest BCUT2D eigenvalue weighted by molar-refractivity contribution is 6.11. The fourth-order valence-corrected chi connectivity index (χ4v) is 11.4. The Bertz CT molecular complexity index is 3810. The molecule has 0 N–H and O–H groups in total. The summed E-state index contributed by atoms with van der Waals surface area (Å²) in [7, 11) is 0. The standard InChI is InChI=1S/C61H38N2O/c1-2-16-40(17-3-1)63-57-28-14-8-22-48(57)49-34-31-41(37-58(49)63)62(42-32-35-51-50-23-9-15-29-59(50)64-60(51)38-42)56-27-13-7-18-43(56)39-30-33-47-46-21-6-12-26-54(46)61(55(47)36-39)52-24-10-4-19-44(52)45-20-5-11-25-53(45)61/h1-38H. The first kappa shape index (κ1) is 35.2. The van der Waals surface area contributed by atoms with Crippen molar-refractivity contribution in [1.82, 2.24) is 4.57 Å². The first-order valence-corrected chi connectivity index (χ1v) is 22.1. The van der Waals surface area contributed by atoms with Gasteiger partial charge >= 0.3 is 0 Å². The summed E-state index contributed by atoms with van der Waals surface area (Å²) in [6, 6.07) is 84.6. The van der Waals surface area contributed by atoms with Gasteiger partial charge in [-0.1, -0.05) is 164 Å². The summed E-state index contributed by atoms with van der Waals surface area (Å²) in [6.07, 6.45) is 0. The van der Waals surface area contributed by atoms with Gasteiger partial charge in [0, 0.05) is 50.2 Å². The van der Waals surface area contributed by atoms with E-state index in [1.807, 2.05) is 6.07 Å². The lowest BCUT2D eigenvalue weighted by atomic mass is 9.70. The third kappa shape index (κ3) is 4.76. The summed E-state index contributed by atoms with van der Waals surface area (Å²) < 4.78 is 8.98. The maximum Gasteiger partial charge on any atom is 0.137 e. The molecule has 0 saturated carbocycles. The van der Waals surface area contributed by atoms with Gasteiger partial charge in [0.1, 0.15) is 11.2 Å². The molecule has 298 valence electrons. The highest BCUT2D eigenvalue weighted by atomic mass is 16.3. The molecule has 12 aromatic rings. The van der Waals surface area contributed by atoms with Crippen molar-refractivity contribution in [2.24, 2.45) is 0 Å². The topological polar surface area (TPSA) is 21.3 Å². The fourth-order valence-electron chi connectivity index (χ4n) is 11.4. The van der Waals surface area contributed by atoms with E-state index in [4.69, 9.17) is 4.42 Å². The van der Waals surface area contributed by atoms with Gasteiger partial charge in [0.15, 0.2) is 0 Å². The largest absolute Gasteiger partial charge is 0.456 e. The van der Waals surface area contributed by atoms with E-state index in [1.165, 1.54) is 60.8 Å². The van der Waals surface area contributed by atoms with E-state index in [1.54, 1.807) is 0 Å². The Balaban J connectivity index is 1.02. The summed E-state index contributed by atoms with van der Waals surface area (Å²) in [5.74, 6) is 0. The lowest BCUT2D eigenvalue weighted by Gasteiger charge is -2.31. The second-order valence-corrected chi connectivity index (χ2v) is 17.2. The van der Waals surface area contributed by atoms with Crippen LogP contribution in [-0.2, 0) is 5.41 Å². The van der Waals surface area contributed by atoms with E-state index in [2.05, 4.69) is 234 Å². The zero-order valence-electron chi connectivity index (χ0n) is 34.7. The Labute approximate surface area is 370 Å². The molecule has 3 nitrogen and oxygen atoms in total. The van der Waals surface area contributed by atoms with E-state index in [0.29, 0.717) is 0 Å². The number of rotatable bonds is 5. The number of hydrogen-bond acceptors (Lipinski definition) is 2. The Morgan fingerprint density at radius 3 is 1.61 bits per heavy atom. The smallest absolute Gasteiger partial charge is 0.137 e. The van der Waals surface area contributed by atoms with E-state index in [-0.39, 0.29) is 0 Å². The molecule has 14 rings (SSSR count).